The molecular formula is C12H12N3O7PS. The monoisotopic (exact) mass is 373 g/mol. The maximum atomic E-state index is 11.9. The van der Waals surface area contributed by atoms with E-state index in [1.54, 1.807) is 0 Å². The van der Waals surface area contributed by atoms with Crippen LogP contribution >= 0.6 is 7.60 Å². The van der Waals surface area contributed by atoms with Crippen molar-refractivity contribution in [3.05, 3.63) is 58.8 Å². The number of non-ortho nitro benzene ring substituents is 1. The van der Waals surface area contributed by atoms with E-state index in [4.69, 9.17) is 4.52 Å². The molecule has 0 amide bonds. The van der Waals surface area contributed by atoms with Crippen LogP contribution in [0.1, 0.15) is 0 Å². The van der Waals surface area contributed by atoms with Crippen molar-refractivity contribution in [2.45, 2.75) is 5.03 Å². The van der Waals surface area contributed by atoms with E-state index in [1.165, 1.54) is 24.4 Å². The minimum Gasteiger partial charge on any atom is -0.424 e. The van der Waals surface area contributed by atoms with E-state index < -0.39 is 28.8 Å². The van der Waals surface area contributed by atoms with E-state index in [1.807, 2.05) is 4.72 Å². The molecule has 0 aliphatic carbocycles. The zero-order valence-corrected chi connectivity index (χ0v) is 13.7. The fourth-order valence-corrected chi connectivity index (χ4v) is 4.03. The normalized spacial score (nSPS) is 13.9. The zero-order valence-electron chi connectivity index (χ0n) is 12.0. The Kier molecular flexibility index (Phi) is 5.30. The van der Waals surface area contributed by atoms with Gasteiger partial charge in [0, 0.05) is 18.3 Å². The summed E-state index contributed by atoms with van der Waals surface area (Å²) in [5, 5.41) is 10.2. The number of benzene rings is 1. The van der Waals surface area contributed by atoms with Crippen molar-refractivity contribution >= 4 is 23.3 Å². The highest BCUT2D eigenvalue weighted by atomic mass is 32.2. The number of nitrogens with zero attached hydrogens (tertiary/aromatic N) is 2. The molecule has 1 heterocycles. The molecule has 1 unspecified atom stereocenters. The maximum Gasteiger partial charge on any atom is 0.391 e. The predicted molar refractivity (Wildman–Crippen MR) is 83.0 cm³/mol. The number of nitro groups is 1. The summed E-state index contributed by atoms with van der Waals surface area (Å²) in [5.74, 6) is -0.108. The summed E-state index contributed by atoms with van der Waals surface area (Å²) in [4.78, 5) is 23.2. The van der Waals surface area contributed by atoms with Crippen LogP contribution in [0.25, 0.3) is 0 Å². The van der Waals surface area contributed by atoms with Gasteiger partial charge >= 0.3 is 7.60 Å². The van der Waals surface area contributed by atoms with Crippen LogP contribution in [0.2, 0.25) is 0 Å². The van der Waals surface area contributed by atoms with Crippen molar-refractivity contribution in [2.24, 2.45) is 0 Å². The van der Waals surface area contributed by atoms with Gasteiger partial charge in [-0.05, 0) is 24.3 Å². The summed E-state index contributed by atoms with van der Waals surface area (Å²) >= 11 is 0. The fraction of sp³-hybridized carbons (Fsp3) is 0.0833. The molecule has 2 N–H and O–H groups in total. The lowest BCUT2D eigenvalue weighted by atomic mass is 10.3. The van der Waals surface area contributed by atoms with Gasteiger partial charge in [0.25, 0.3) is 15.7 Å². The number of hydrogen-bond acceptors (Lipinski definition) is 7. The van der Waals surface area contributed by atoms with Gasteiger partial charge in [-0.1, -0.05) is 6.07 Å². The Morgan fingerprint density at radius 3 is 2.46 bits per heavy atom. The predicted octanol–water partition coefficient (Wildman–Crippen LogP) is 1.49. The highest BCUT2D eigenvalue weighted by molar-refractivity contribution is 7.89. The third-order valence-electron chi connectivity index (χ3n) is 2.66. The Morgan fingerprint density at radius 2 is 1.92 bits per heavy atom. The number of nitro benzene ring substituents is 1. The number of hydrogen-bond donors (Lipinski definition) is 2. The average molecular weight is 373 g/mol. The molecule has 2 rings (SSSR count). The summed E-state index contributed by atoms with van der Waals surface area (Å²) < 4.78 is 42.5. The molecule has 0 aliphatic heterocycles. The van der Waals surface area contributed by atoms with Crippen molar-refractivity contribution < 1.29 is 27.3 Å². The van der Waals surface area contributed by atoms with E-state index >= 15 is 0 Å². The summed E-state index contributed by atoms with van der Waals surface area (Å²) in [6.07, 6.45) is 0.378. The molecular weight excluding hydrogens is 361 g/mol. The Bertz CT molecular complexity index is 871. The third kappa shape index (κ3) is 4.83. The van der Waals surface area contributed by atoms with Crippen LogP contribution in [0.3, 0.4) is 0 Å². The van der Waals surface area contributed by atoms with Crippen LogP contribution in [0.4, 0.5) is 5.69 Å². The molecule has 0 saturated heterocycles. The quantitative estimate of drug-likeness (QED) is 0.421. The van der Waals surface area contributed by atoms with Gasteiger partial charge in [0.2, 0.25) is 0 Å². The number of pyridine rings is 1. The first kappa shape index (κ1) is 18.0. The van der Waals surface area contributed by atoms with Gasteiger partial charge in [0.15, 0.2) is 5.03 Å². The number of aromatic nitrogens is 1. The minimum absolute atomic E-state index is 0.108. The fourth-order valence-electron chi connectivity index (χ4n) is 1.57. The van der Waals surface area contributed by atoms with Crippen LogP contribution in [0, 0.1) is 10.1 Å². The second-order valence-electron chi connectivity index (χ2n) is 4.45. The SMILES string of the molecule is O=[N+]([O-])c1ccc(OP(=O)(O)CNS(=O)(=O)c2ccccn2)cc1. The first-order valence-electron chi connectivity index (χ1n) is 6.36. The molecule has 0 fully saturated rings. The van der Waals surface area contributed by atoms with Crippen molar-refractivity contribution in [2.75, 3.05) is 6.29 Å². The first-order valence-corrected chi connectivity index (χ1v) is 9.61. The smallest absolute Gasteiger partial charge is 0.391 e. The number of nitrogens with one attached hydrogen (secondary N) is 1. The zero-order chi connectivity index (χ0) is 17.8. The van der Waals surface area contributed by atoms with Gasteiger partial charge < -0.3 is 9.42 Å². The van der Waals surface area contributed by atoms with Gasteiger partial charge in [-0.15, -0.1) is 0 Å². The Labute approximate surface area is 136 Å². The summed E-state index contributed by atoms with van der Waals surface area (Å²) in [6, 6.07) is 8.65. The Hall–Kier alpha value is -2.33. The average Bonchev–Trinajstić information content (AvgIpc) is 2.54. The summed E-state index contributed by atoms with van der Waals surface area (Å²) in [5.41, 5.74) is -0.217. The van der Waals surface area contributed by atoms with Crippen LogP contribution in [0.5, 0.6) is 5.75 Å². The molecule has 12 heteroatoms. The van der Waals surface area contributed by atoms with Gasteiger partial charge in [-0.25, -0.2) is 18.0 Å². The lowest BCUT2D eigenvalue weighted by Crippen LogP contribution is -2.26. The molecule has 1 atom stereocenters. The Morgan fingerprint density at radius 1 is 1.25 bits per heavy atom. The standard InChI is InChI=1S/C12H12N3O7PS/c16-15(17)10-4-6-11(7-5-10)22-23(18,19)9-14-24(20,21)12-3-1-2-8-13-12/h1-8,14H,9H2,(H,18,19). The van der Waals surface area contributed by atoms with Gasteiger partial charge in [-0.2, -0.15) is 4.72 Å². The van der Waals surface area contributed by atoms with E-state index in [0.717, 1.165) is 24.3 Å². The highest BCUT2D eigenvalue weighted by Gasteiger charge is 2.26. The highest BCUT2D eigenvalue weighted by Crippen LogP contribution is 2.41. The molecule has 128 valence electrons. The van der Waals surface area contributed by atoms with Crippen molar-refractivity contribution in [1.82, 2.24) is 9.71 Å². The lowest BCUT2D eigenvalue weighted by molar-refractivity contribution is -0.384. The summed E-state index contributed by atoms with van der Waals surface area (Å²) in [6.45, 7) is 0. The largest absolute Gasteiger partial charge is 0.424 e. The van der Waals surface area contributed by atoms with Crippen molar-refractivity contribution in [3.8, 4) is 5.75 Å². The molecule has 0 bridgehead atoms. The molecule has 0 aliphatic rings. The second-order valence-corrected chi connectivity index (χ2v) is 7.94. The van der Waals surface area contributed by atoms with Gasteiger partial charge in [0.05, 0.1) is 4.92 Å². The van der Waals surface area contributed by atoms with E-state index in [-0.39, 0.29) is 16.5 Å². The van der Waals surface area contributed by atoms with Crippen LogP contribution in [0.15, 0.2) is 53.7 Å². The molecule has 1 aromatic heterocycles. The van der Waals surface area contributed by atoms with Crippen LogP contribution < -0.4 is 9.25 Å². The van der Waals surface area contributed by atoms with E-state index in [2.05, 4.69) is 4.98 Å². The molecule has 0 radical (unpaired) electrons. The van der Waals surface area contributed by atoms with Gasteiger partial charge in [0.1, 0.15) is 12.0 Å². The van der Waals surface area contributed by atoms with Crippen molar-refractivity contribution in [3.63, 3.8) is 0 Å². The first-order chi connectivity index (χ1) is 11.2. The molecule has 0 spiro atoms. The molecule has 24 heavy (non-hydrogen) atoms. The molecule has 10 nitrogen and oxygen atoms in total. The topological polar surface area (TPSA) is 149 Å². The van der Waals surface area contributed by atoms with E-state index in [0.29, 0.717) is 0 Å². The van der Waals surface area contributed by atoms with Crippen LogP contribution in [-0.2, 0) is 14.6 Å². The van der Waals surface area contributed by atoms with E-state index in [9.17, 15) is 28.0 Å². The molecule has 1 aromatic carbocycles. The van der Waals surface area contributed by atoms with Crippen LogP contribution in [-0.4, -0.2) is 29.5 Å². The van der Waals surface area contributed by atoms with Gasteiger partial charge in [-0.3, -0.25) is 10.1 Å². The minimum atomic E-state index is -4.36. The third-order valence-corrected chi connectivity index (χ3v) is 5.25. The Balaban J connectivity index is 2.03. The second kappa shape index (κ2) is 7.05. The maximum absolute atomic E-state index is 11.9. The number of rotatable bonds is 7. The molecule has 2 aromatic rings. The summed E-state index contributed by atoms with van der Waals surface area (Å²) in [7, 11) is -8.42. The number of sulfonamides is 1. The van der Waals surface area contributed by atoms with Crippen molar-refractivity contribution in [1.29, 1.82) is 0 Å². The lowest BCUT2D eigenvalue weighted by Gasteiger charge is -2.14. The molecule has 0 saturated carbocycles.